The zero-order chi connectivity index (χ0) is 15.4. The lowest BCUT2D eigenvalue weighted by Crippen LogP contribution is -2.13. The molecule has 104 valence electrons. The number of para-hydroxylation sites is 1. The molecule has 0 aliphatic carbocycles. The van der Waals surface area contributed by atoms with E-state index in [1.807, 2.05) is 6.07 Å². The van der Waals surface area contributed by atoms with Gasteiger partial charge in [-0.05, 0) is 24.3 Å². The molecule has 2 aromatic carbocycles. The first kappa shape index (κ1) is 14.5. The fourth-order valence-corrected chi connectivity index (χ4v) is 1.93. The largest absolute Gasteiger partial charge is 0.321 e. The van der Waals surface area contributed by atoms with Crippen LogP contribution >= 0.6 is 11.6 Å². The quantitative estimate of drug-likeness (QED) is 0.694. The van der Waals surface area contributed by atoms with Crippen LogP contribution in [0.2, 0.25) is 5.02 Å². The topological polar surface area (TPSA) is 96.0 Å². The summed E-state index contributed by atoms with van der Waals surface area (Å²) in [7, 11) is 0. The van der Waals surface area contributed by atoms with E-state index in [9.17, 15) is 14.9 Å². The van der Waals surface area contributed by atoms with Crippen molar-refractivity contribution in [3.63, 3.8) is 0 Å². The Morgan fingerprint density at radius 2 is 2.00 bits per heavy atom. The lowest BCUT2D eigenvalue weighted by molar-refractivity contribution is -0.384. The second kappa shape index (κ2) is 6.03. The highest BCUT2D eigenvalue weighted by molar-refractivity contribution is 6.33. The molecule has 0 aliphatic heterocycles. The molecule has 0 heterocycles. The van der Waals surface area contributed by atoms with E-state index in [4.69, 9.17) is 16.9 Å². The van der Waals surface area contributed by atoms with Crippen molar-refractivity contribution in [2.24, 2.45) is 0 Å². The minimum Gasteiger partial charge on any atom is -0.321 e. The minimum atomic E-state index is -0.630. The van der Waals surface area contributed by atoms with Gasteiger partial charge in [0, 0.05) is 11.6 Å². The zero-order valence-electron chi connectivity index (χ0n) is 10.5. The number of anilines is 1. The van der Waals surface area contributed by atoms with E-state index in [0.717, 1.165) is 6.07 Å². The molecule has 0 spiro atoms. The van der Waals surface area contributed by atoms with E-state index in [-0.39, 0.29) is 16.3 Å². The van der Waals surface area contributed by atoms with Gasteiger partial charge in [-0.1, -0.05) is 23.7 Å². The second-order valence-electron chi connectivity index (χ2n) is 4.03. The molecule has 0 aliphatic rings. The SMILES string of the molecule is N#Cc1ccccc1NC(=O)c1ccc([N+](=O)[O-])c(Cl)c1. The average molecular weight is 302 g/mol. The summed E-state index contributed by atoms with van der Waals surface area (Å²) >= 11 is 5.76. The molecule has 0 atom stereocenters. The van der Waals surface area contributed by atoms with Crippen molar-refractivity contribution in [2.45, 2.75) is 0 Å². The van der Waals surface area contributed by atoms with Crippen LogP contribution in [0, 0.1) is 21.4 Å². The molecule has 0 radical (unpaired) electrons. The molecule has 0 fully saturated rings. The number of benzene rings is 2. The van der Waals surface area contributed by atoms with Gasteiger partial charge in [0.1, 0.15) is 11.1 Å². The van der Waals surface area contributed by atoms with Gasteiger partial charge >= 0.3 is 0 Å². The van der Waals surface area contributed by atoms with Crippen LogP contribution in [0.3, 0.4) is 0 Å². The maximum atomic E-state index is 12.1. The third-order valence-corrected chi connectivity index (χ3v) is 3.01. The highest BCUT2D eigenvalue weighted by Gasteiger charge is 2.16. The van der Waals surface area contributed by atoms with Crippen LogP contribution in [0.15, 0.2) is 42.5 Å². The van der Waals surface area contributed by atoms with Crippen molar-refractivity contribution in [3.8, 4) is 6.07 Å². The Bertz CT molecular complexity index is 768. The van der Waals surface area contributed by atoms with E-state index in [1.54, 1.807) is 24.3 Å². The average Bonchev–Trinajstić information content (AvgIpc) is 2.47. The van der Waals surface area contributed by atoms with Gasteiger partial charge in [0.05, 0.1) is 16.2 Å². The summed E-state index contributed by atoms with van der Waals surface area (Å²) in [4.78, 5) is 22.1. The summed E-state index contributed by atoms with van der Waals surface area (Å²) in [6, 6.07) is 12.1. The summed E-state index contributed by atoms with van der Waals surface area (Å²) in [6.45, 7) is 0. The first-order valence-electron chi connectivity index (χ1n) is 5.77. The Kier molecular flexibility index (Phi) is 4.16. The summed E-state index contributed by atoms with van der Waals surface area (Å²) in [5.41, 5.74) is 0.572. The number of amides is 1. The van der Waals surface area contributed by atoms with E-state index >= 15 is 0 Å². The molecular weight excluding hydrogens is 294 g/mol. The number of carbonyl (C=O) groups excluding carboxylic acids is 1. The maximum absolute atomic E-state index is 12.1. The van der Waals surface area contributed by atoms with Gasteiger partial charge in [0.25, 0.3) is 11.6 Å². The Morgan fingerprint density at radius 3 is 2.62 bits per heavy atom. The summed E-state index contributed by atoms with van der Waals surface area (Å²) in [5, 5.41) is 22.0. The summed E-state index contributed by atoms with van der Waals surface area (Å²) in [5.74, 6) is -0.505. The smallest absolute Gasteiger partial charge is 0.287 e. The van der Waals surface area contributed by atoms with Crippen LogP contribution in [-0.2, 0) is 0 Å². The molecule has 1 amide bonds. The molecule has 0 bridgehead atoms. The number of rotatable bonds is 3. The van der Waals surface area contributed by atoms with Crippen LogP contribution < -0.4 is 5.32 Å². The Labute approximate surface area is 124 Å². The van der Waals surface area contributed by atoms with Gasteiger partial charge in [0.2, 0.25) is 0 Å². The molecule has 7 heteroatoms. The van der Waals surface area contributed by atoms with Gasteiger partial charge < -0.3 is 5.32 Å². The first-order valence-corrected chi connectivity index (χ1v) is 6.15. The number of nitrogens with one attached hydrogen (secondary N) is 1. The molecule has 0 saturated carbocycles. The van der Waals surface area contributed by atoms with Crippen molar-refractivity contribution in [3.05, 3.63) is 68.7 Å². The molecule has 0 unspecified atom stereocenters. The van der Waals surface area contributed by atoms with E-state index in [1.165, 1.54) is 12.1 Å². The van der Waals surface area contributed by atoms with E-state index < -0.39 is 10.8 Å². The number of nitro benzene ring substituents is 1. The first-order chi connectivity index (χ1) is 10.0. The van der Waals surface area contributed by atoms with Gasteiger partial charge in [-0.3, -0.25) is 14.9 Å². The van der Waals surface area contributed by atoms with Crippen LogP contribution in [0.25, 0.3) is 0 Å². The van der Waals surface area contributed by atoms with Crippen molar-refractivity contribution in [1.82, 2.24) is 0 Å². The monoisotopic (exact) mass is 301 g/mol. The standard InChI is InChI=1S/C14H8ClN3O3/c15-11-7-9(5-6-13(11)18(20)21)14(19)17-12-4-2-1-3-10(12)8-16/h1-7H,(H,17,19). The van der Waals surface area contributed by atoms with Crippen LogP contribution in [0.1, 0.15) is 15.9 Å². The normalized spacial score (nSPS) is 9.71. The molecule has 6 nitrogen and oxygen atoms in total. The number of nitriles is 1. The fourth-order valence-electron chi connectivity index (χ4n) is 1.68. The number of nitrogens with zero attached hydrogens (tertiary/aromatic N) is 2. The Hall–Kier alpha value is -2.91. The predicted molar refractivity (Wildman–Crippen MR) is 77.2 cm³/mol. The number of hydrogen-bond acceptors (Lipinski definition) is 4. The van der Waals surface area contributed by atoms with Crippen LogP contribution in [0.4, 0.5) is 11.4 Å². The maximum Gasteiger partial charge on any atom is 0.287 e. The van der Waals surface area contributed by atoms with Crippen LogP contribution in [-0.4, -0.2) is 10.8 Å². The molecular formula is C14H8ClN3O3. The number of hydrogen-bond donors (Lipinski definition) is 1. The van der Waals surface area contributed by atoms with Gasteiger partial charge in [-0.25, -0.2) is 0 Å². The van der Waals surface area contributed by atoms with Crippen molar-refractivity contribution < 1.29 is 9.72 Å². The fraction of sp³-hybridized carbons (Fsp3) is 0. The van der Waals surface area contributed by atoms with E-state index in [2.05, 4.69) is 5.32 Å². The minimum absolute atomic E-state index is 0.124. The van der Waals surface area contributed by atoms with Crippen LogP contribution in [0.5, 0.6) is 0 Å². The second-order valence-corrected chi connectivity index (χ2v) is 4.44. The lowest BCUT2D eigenvalue weighted by atomic mass is 10.1. The summed E-state index contributed by atoms with van der Waals surface area (Å²) in [6.07, 6.45) is 0. The van der Waals surface area contributed by atoms with Gasteiger partial charge in [-0.2, -0.15) is 5.26 Å². The van der Waals surface area contributed by atoms with Gasteiger partial charge in [0.15, 0.2) is 0 Å². The Balaban J connectivity index is 2.27. The molecule has 0 aromatic heterocycles. The number of halogens is 1. The highest BCUT2D eigenvalue weighted by Crippen LogP contribution is 2.25. The van der Waals surface area contributed by atoms with Gasteiger partial charge in [-0.15, -0.1) is 0 Å². The van der Waals surface area contributed by atoms with E-state index in [0.29, 0.717) is 11.3 Å². The molecule has 21 heavy (non-hydrogen) atoms. The third-order valence-electron chi connectivity index (χ3n) is 2.70. The van der Waals surface area contributed by atoms with Crippen molar-refractivity contribution in [2.75, 3.05) is 5.32 Å². The highest BCUT2D eigenvalue weighted by atomic mass is 35.5. The van der Waals surface area contributed by atoms with Crippen molar-refractivity contribution >= 4 is 28.9 Å². The zero-order valence-corrected chi connectivity index (χ0v) is 11.3. The number of carbonyl (C=O) groups is 1. The molecule has 1 N–H and O–H groups in total. The third kappa shape index (κ3) is 3.16. The van der Waals surface area contributed by atoms with Crippen molar-refractivity contribution in [1.29, 1.82) is 5.26 Å². The predicted octanol–water partition coefficient (Wildman–Crippen LogP) is 3.37. The number of nitro groups is 1. The molecule has 0 saturated heterocycles. The molecule has 2 rings (SSSR count). The molecule has 2 aromatic rings. The Morgan fingerprint density at radius 1 is 1.29 bits per heavy atom. The lowest BCUT2D eigenvalue weighted by Gasteiger charge is -2.07. The summed E-state index contributed by atoms with van der Waals surface area (Å²) < 4.78 is 0.